The number of carbonyl (C=O) groups is 1. The quantitative estimate of drug-likeness (QED) is 0.400. The summed E-state index contributed by atoms with van der Waals surface area (Å²) in [4.78, 5) is 13.4. The first kappa shape index (κ1) is 20.2. The molecule has 30 heavy (non-hydrogen) atoms. The zero-order chi connectivity index (χ0) is 20.8. The van der Waals surface area contributed by atoms with Crippen molar-refractivity contribution in [1.29, 1.82) is 0 Å². The average Bonchev–Trinajstić information content (AvgIpc) is 3.42. The molecule has 2 aromatic heterocycles. The Hall–Kier alpha value is -3.10. The van der Waals surface area contributed by atoms with Gasteiger partial charge in [-0.3, -0.25) is 4.79 Å². The van der Waals surface area contributed by atoms with E-state index in [9.17, 15) is 4.79 Å². The summed E-state index contributed by atoms with van der Waals surface area (Å²) in [5.74, 6) is 1.71. The predicted octanol–water partition coefficient (Wildman–Crippen LogP) is 4.85. The van der Waals surface area contributed by atoms with Crippen molar-refractivity contribution in [1.82, 2.24) is 14.8 Å². The molecule has 6 nitrogen and oxygen atoms in total. The highest BCUT2D eigenvalue weighted by molar-refractivity contribution is 7.99. The van der Waals surface area contributed by atoms with Crippen LogP contribution in [0.15, 0.2) is 77.3 Å². The largest absolute Gasteiger partial charge is 0.489 e. The first-order valence-electron chi connectivity index (χ1n) is 9.32. The summed E-state index contributed by atoms with van der Waals surface area (Å²) in [5.41, 5.74) is 1.84. The third kappa shape index (κ3) is 5.08. The van der Waals surface area contributed by atoms with E-state index >= 15 is 0 Å². The summed E-state index contributed by atoms with van der Waals surface area (Å²) in [6, 6.07) is 21.3. The van der Waals surface area contributed by atoms with Gasteiger partial charge in [-0.1, -0.05) is 48.2 Å². The number of nitrogens with zero attached hydrogens (tertiary/aromatic N) is 3. The van der Waals surface area contributed by atoms with Crippen LogP contribution >= 0.6 is 23.1 Å². The molecule has 152 valence electrons. The molecule has 1 amide bonds. The van der Waals surface area contributed by atoms with Gasteiger partial charge in [-0.05, 0) is 41.3 Å². The lowest BCUT2D eigenvalue weighted by Gasteiger charge is -2.08. The van der Waals surface area contributed by atoms with Gasteiger partial charge in [-0.15, -0.1) is 21.5 Å². The van der Waals surface area contributed by atoms with Gasteiger partial charge in [0, 0.05) is 12.7 Å². The van der Waals surface area contributed by atoms with E-state index in [1.54, 1.807) is 11.3 Å². The average molecular weight is 437 g/mol. The zero-order valence-electron chi connectivity index (χ0n) is 16.3. The summed E-state index contributed by atoms with van der Waals surface area (Å²) >= 11 is 2.97. The lowest BCUT2D eigenvalue weighted by Crippen LogP contribution is -2.14. The molecule has 4 aromatic rings. The molecule has 2 aromatic carbocycles. The highest BCUT2D eigenvalue weighted by atomic mass is 32.2. The van der Waals surface area contributed by atoms with Gasteiger partial charge >= 0.3 is 0 Å². The monoisotopic (exact) mass is 436 g/mol. The summed E-state index contributed by atoms with van der Waals surface area (Å²) in [6.45, 7) is 0.508. The zero-order valence-corrected chi connectivity index (χ0v) is 18.0. The van der Waals surface area contributed by atoms with Crippen molar-refractivity contribution in [2.75, 3.05) is 11.1 Å². The van der Waals surface area contributed by atoms with Crippen LogP contribution in [0, 0.1) is 0 Å². The Balaban J connectivity index is 1.27. The molecule has 2 heterocycles. The van der Waals surface area contributed by atoms with Crippen molar-refractivity contribution in [3.8, 4) is 16.5 Å². The molecular formula is C22H20N4O2S2. The van der Waals surface area contributed by atoms with Gasteiger partial charge in [0.25, 0.3) is 0 Å². The number of hydrogen-bond donors (Lipinski definition) is 1. The number of thiophene rings is 1. The van der Waals surface area contributed by atoms with Crippen LogP contribution in [-0.4, -0.2) is 26.4 Å². The second-order valence-corrected chi connectivity index (χ2v) is 8.37. The molecule has 1 N–H and O–H groups in total. The second-order valence-electron chi connectivity index (χ2n) is 6.48. The van der Waals surface area contributed by atoms with Crippen molar-refractivity contribution >= 4 is 34.7 Å². The fourth-order valence-electron chi connectivity index (χ4n) is 2.76. The number of anilines is 1. The second kappa shape index (κ2) is 9.60. The van der Waals surface area contributed by atoms with E-state index in [-0.39, 0.29) is 11.7 Å². The minimum atomic E-state index is -0.0985. The fourth-order valence-corrected chi connectivity index (χ4v) is 4.22. The SMILES string of the molecule is Cn1c(SCC(=O)Nc2ccc(OCc3ccccc3)cc2)nnc1-c1cccs1. The lowest BCUT2D eigenvalue weighted by atomic mass is 10.2. The summed E-state index contributed by atoms with van der Waals surface area (Å²) < 4.78 is 7.67. The van der Waals surface area contributed by atoms with Crippen LogP contribution in [0.25, 0.3) is 10.7 Å². The normalized spacial score (nSPS) is 10.7. The molecule has 0 fully saturated rings. The molecule has 0 saturated carbocycles. The summed E-state index contributed by atoms with van der Waals surface area (Å²) in [6.07, 6.45) is 0. The maximum absolute atomic E-state index is 12.3. The number of benzene rings is 2. The van der Waals surface area contributed by atoms with Crippen LogP contribution in [-0.2, 0) is 18.4 Å². The number of amides is 1. The van der Waals surface area contributed by atoms with Crippen LogP contribution in [0.2, 0.25) is 0 Å². The van der Waals surface area contributed by atoms with Gasteiger partial charge in [0.1, 0.15) is 12.4 Å². The molecule has 0 aliphatic rings. The highest BCUT2D eigenvalue weighted by Gasteiger charge is 2.13. The van der Waals surface area contributed by atoms with Gasteiger partial charge in [-0.25, -0.2) is 0 Å². The van der Waals surface area contributed by atoms with Gasteiger partial charge in [-0.2, -0.15) is 0 Å². The van der Waals surface area contributed by atoms with Gasteiger partial charge in [0.05, 0.1) is 10.6 Å². The third-order valence-electron chi connectivity index (χ3n) is 4.30. The number of rotatable bonds is 8. The van der Waals surface area contributed by atoms with Crippen molar-refractivity contribution in [3.05, 3.63) is 77.7 Å². The van der Waals surface area contributed by atoms with E-state index in [1.807, 2.05) is 83.7 Å². The number of thioether (sulfide) groups is 1. The number of aromatic nitrogens is 3. The Morgan fingerprint density at radius 1 is 1.07 bits per heavy atom. The number of hydrogen-bond acceptors (Lipinski definition) is 6. The molecule has 4 rings (SSSR count). The van der Waals surface area contributed by atoms with Crippen molar-refractivity contribution < 1.29 is 9.53 Å². The molecular weight excluding hydrogens is 416 g/mol. The molecule has 0 bridgehead atoms. The predicted molar refractivity (Wildman–Crippen MR) is 121 cm³/mol. The molecule has 0 aliphatic heterocycles. The third-order valence-corrected chi connectivity index (χ3v) is 6.18. The van der Waals surface area contributed by atoms with Crippen LogP contribution < -0.4 is 10.1 Å². The number of carbonyl (C=O) groups excluding carboxylic acids is 1. The summed E-state index contributed by atoms with van der Waals surface area (Å²) in [7, 11) is 1.91. The van der Waals surface area contributed by atoms with E-state index in [1.165, 1.54) is 11.8 Å². The van der Waals surface area contributed by atoms with Crippen molar-refractivity contribution in [2.24, 2.45) is 7.05 Å². The van der Waals surface area contributed by atoms with Crippen LogP contribution in [0.5, 0.6) is 5.75 Å². The molecule has 0 atom stereocenters. The highest BCUT2D eigenvalue weighted by Crippen LogP contribution is 2.26. The Bertz CT molecular complexity index is 1090. The molecule has 0 spiro atoms. The van der Waals surface area contributed by atoms with Gasteiger partial charge < -0.3 is 14.6 Å². The Morgan fingerprint density at radius 2 is 1.87 bits per heavy atom. The van der Waals surface area contributed by atoms with Crippen LogP contribution in [0.4, 0.5) is 5.69 Å². The molecule has 0 unspecified atom stereocenters. The Morgan fingerprint density at radius 3 is 2.60 bits per heavy atom. The maximum atomic E-state index is 12.3. The fraction of sp³-hybridized carbons (Fsp3) is 0.136. The number of ether oxygens (including phenoxy) is 1. The van der Waals surface area contributed by atoms with E-state index < -0.39 is 0 Å². The first-order valence-corrected chi connectivity index (χ1v) is 11.2. The Kier molecular flexibility index (Phi) is 6.46. The first-order chi connectivity index (χ1) is 14.7. The minimum Gasteiger partial charge on any atom is -0.489 e. The maximum Gasteiger partial charge on any atom is 0.234 e. The topological polar surface area (TPSA) is 69.0 Å². The van der Waals surface area contributed by atoms with E-state index in [0.29, 0.717) is 11.8 Å². The lowest BCUT2D eigenvalue weighted by molar-refractivity contribution is -0.113. The number of nitrogens with one attached hydrogen (secondary N) is 1. The van der Waals surface area contributed by atoms with Gasteiger partial charge in [0.15, 0.2) is 11.0 Å². The summed E-state index contributed by atoms with van der Waals surface area (Å²) in [5, 5.41) is 14.0. The van der Waals surface area contributed by atoms with E-state index in [4.69, 9.17) is 4.74 Å². The van der Waals surface area contributed by atoms with Crippen LogP contribution in [0.3, 0.4) is 0 Å². The Labute approximate surface area is 182 Å². The van der Waals surface area contributed by atoms with E-state index in [2.05, 4.69) is 15.5 Å². The molecule has 8 heteroatoms. The van der Waals surface area contributed by atoms with Crippen molar-refractivity contribution in [2.45, 2.75) is 11.8 Å². The molecule has 0 radical (unpaired) electrons. The van der Waals surface area contributed by atoms with Crippen LogP contribution in [0.1, 0.15) is 5.56 Å². The molecule has 0 saturated heterocycles. The minimum absolute atomic E-state index is 0.0985. The van der Waals surface area contributed by atoms with E-state index in [0.717, 1.165) is 27.7 Å². The smallest absolute Gasteiger partial charge is 0.234 e. The molecule has 0 aliphatic carbocycles. The van der Waals surface area contributed by atoms with Gasteiger partial charge in [0.2, 0.25) is 5.91 Å². The standard InChI is InChI=1S/C22H20N4O2S2/c1-26-21(19-8-5-13-29-19)24-25-22(26)30-15-20(27)23-17-9-11-18(12-10-17)28-14-16-6-3-2-4-7-16/h2-13H,14-15H2,1H3,(H,23,27). The van der Waals surface area contributed by atoms with Crippen molar-refractivity contribution in [3.63, 3.8) is 0 Å².